The summed E-state index contributed by atoms with van der Waals surface area (Å²) in [5.41, 5.74) is 1.38. The Hall–Kier alpha value is -2.97. The SMILES string of the molecule is COc1cc(/C=C/C(=O)Nc2cccc(Cl)c2)ccc1OCC#N. The summed E-state index contributed by atoms with van der Waals surface area (Å²) < 4.78 is 10.5. The second kappa shape index (κ2) is 8.61. The number of hydrogen-bond acceptors (Lipinski definition) is 4. The van der Waals surface area contributed by atoms with Crippen molar-refractivity contribution in [3.05, 3.63) is 59.1 Å². The monoisotopic (exact) mass is 342 g/mol. The molecule has 0 spiro atoms. The van der Waals surface area contributed by atoms with Gasteiger partial charge in [0, 0.05) is 16.8 Å². The number of ether oxygens (including phenoxy) is 2. The Balaban J connectivity index is 2.05. The Labute approximate surface area is 145 Å². The molecule has 2 aromatic carbocycles. The van der Waals surface area contributed by atoms with Gasteiger partial charge in [0.15, 0.2) is 18.1 Å². The number of nitrogens with zero attached hydrogens (tertiary/aromatic N) is 1. The molecule has 0 saturated heterocycles. The lowest BCUT2D eigenvalue weighted by molar-refractivity contribution is -0.111. The van der Waals surface area contributed by atoms with Gasteiger partial charge in [0.05, 0.1) is 7.11 Å². The number of carbonyl (C=O) groups excluding carboxylic acids is 1. The highest BCUT2D eigenvalue weighted by Gasteiger charge is 2.05. The van der Waals surface area contributed by atoms with Gasteiger partial charge in [-0.25, -0.2) is 0 Å². The van der Waals surface area contributed by atoms with Crippen molar-refractivity contribution < 1.29 is 14.3 Å². The fraction of sp³-hybridized carbons (Fsp3) is 0.111. The molecule has 0 aliphatic carbocycles. The van der Waals surface area contributed by atoms with Crippen molar-refractivity contribution in [1.82, 2.24) is 0 Å². The van der Waals surface area contributed by atoms with Gasteiger partial charge in [0.25, 0.3) is 0 Å². The van der Waals surface area contributed by atoms with Gasteiger partial charge in [-0.3, -0.25) is 4.79 Å². The summed E-state index contributed by atoms with van der Waals surface area (Å²) in [6.45, 7) is -0.0619. The number of rotatable bonds is 6. The number of benzene rings is 2. The molecular formula is C18H15ClN2O3. The lowest BCUT2D eigenvalue weighted by Gasteiger charge is -2.08. The Kier molecular flexibility index (Phi) is 6.23. The summed E-state index contributed by atoms with van der Waals surface area (Å²) in [7, 11) is 1.51. The maximum Gasteiger partial charge on any atom is 0.248 e. The van der Waals surface area contributed by atoms with Crippen LogP contribution in [0, 0.1) is 11.3 Å². The van der Waals surface area contributed by atoms with E-state index in [2.05, 4.69) is 5.32 Å². The molecule has 1 N–H and O–H groups in total. The van der Waals surface area contributed by atoms with Crippen LogP contribution in [0.15, 0.2) is 48.5 Å². The maximum atomic E-state index is 11.9. The van der Waals surface area contributed by atoms with Crippen molar-refractivity contribution in [2.24, 2.45) is 0 Å². The Morgan fingerprint density at radius 1 is 1.29 bits per heavy atom. The van der Waals surface area contributed by atoms with Crippen LogP contribution < -0.4 is 14.8 Å². The summed E-state index contributed by atoms with van der Waals surface area (Å²) in [5, 5.41) is 11.8. The minimum atomic E-state index is -0.277. The van der Waals surface area contributed by atoms with E-state index in [1.807, 2.05) is 6.07 Å². The summed E-state index contributed by atoms with van der Waals surface area (Å²) in [5.74, 6) is 0.684. The van der Waals surface area contributed by atoms with Crippen LogP contribution in [0.2, 0.25) is 5.02 Å². The first-order valence-corrected chi connectivity index (χ1v) is 7.42. The van der Waals surface area contributed by atoms with Gasteiger partial charge in [-0.2, -0.15) is 5.26 Å². The normalized spacial score (nSPS) is 10.2. The average molecular weight is 343 g/mol. The number of hydrogen-bond donors (Lipinski definition) is 1. The molecule has 0 radical (unpaired) electrons. The van der Waals surface area contributed by atoms with Crippen molar-refractivity contribution in [1.29, 1.82) is 5.26 Å². The molecule has 0 saturated carbocycles. The predicted molar refractivity (Wildman–Crippen MR) is 93.2 cm³/mol. The minimum absolute atomic E-state index is 0.0619. The highest BCUT2D eigenvalue weighted by atomic mass is 35.5. The van der Waals surface area contributed by atoms with Crippen LogP contribution in [0.5, 0.6) is 11.5 Å². The van der Waals surface area contributed by atoms with Gasteiger partial charge >= 0.3 is 0 Å². The maximum absolute atomic E-state index is 11.9. The molecule has 0 fully saturated rings. The Morgan fingerprint density at radius 2 is 2.12 bits per heavy atom. The molecule has 0 atom stereocenters. The molecule has 0 aliphatic heterocycles. The quantitative estimate of drug-likeness (QED) is 0.808. The van der Waals surface area contributed by atoms with Crippen molar-refractivity contribution in [3.8, 4) is 17.6 Å². The molecular weight excluding hydrogens is 328 g/mol. The van der Waals surface area contributed by atoms with Crippen molar-refractivity contribution in [2.45, 2.75) is 0 Å². The fourth-order valence-corrected chi connectivity index (χ4v) is 2.13. The predicted octanol–water partition coefficient (Wildman–Crippen LogP) is 3.90. The molecule has 122 valence electrons. The molecule has 0 aromatic heterocycles. The van der Waals surface area contributed by atoms with Crippen LogP contribution in [0.25, 0.3) is 6.08 Å². The zero-order valence-corrected chi connectivity index (χ0v) is 13.7. The van der Waals surface area contributed by atoms with Gasteiger partial charge in [-0.15, -0.1) is 0 Å². The van der Waals surface area contributed by atoms with E-state index in [9.17, 15) is 4.79 Å². The number of halogens is 1. The third-order valence-corrected chi connectivity index (χ3v) is 3.23. The van der Waals surface area contributed by atoms with Crippen LogP contribution in [0.4, 0.5) is 5.69 Å². The molecule has 0 bridgehead atoms. The second-order valence-corrected chi connectivity index (χ2v) is 5.13. The van der Waals surface area contributed by atoms with E-state index in [4.69, 9.17) is 26.3 Å². The molecule has 6 heteroatoms. The summed E-state index contributed by atoms with van der Waals surface area (Å²) in [4.78, 5) is 11.9. The van der Waals surface area contributed by atoms with Crippen molar-refractivity contribution in [2.75, 3.05) is 19.0 Å². The zero-order chi connectivity index (χ0) is 17.4. The molecule has 2 aromatic rings. The number of nitrogens with one attached hydrogen (secondary N) is 1. The van der Waals surface area contributed by atoms with Gasteiger partial charge < -0.3 is 14.8 Å². The summed E-state index contributed by atoms with van der Waals surface area (Å²) in [6.07, 6.45) is 3.06. The van der Waals surface area contributed by atoms with Crippen LogP contribution in [-0.2, 0) is 4.79 Å². The number of anilines is 1. The van der Waals surface area contributed by atoms with Gasteiger partial charge in [0.2, 0.25) is 5.91 Å². The first-order valence-electron chi connectivity index (χ1n) is 7.05. The molecule has 0 unspecified atom stereocenters. The van der Waals surface area contributed by atoms with E-state index >= 15 is 0 Å². The Bertz CT molecular complexity index is 797. The van der Waals surface area contributed by atoms with Crippen molar-refractivity contribution in [3.63, 3.8) is 0 Å². The van der Waals surface area contributed by atoms with E-state index in [1.54, 1.807) is 48.5 Å². The van der Waals surface area contributed by atoms with Crippen LogP contribution in [-0.4, -0.2) is 19.6 Å². The van der Waals surface area contributed by atoms with Crippen molar-refractivity contribution >= 4 is 29.3 Å². The third kappa shape index (κ3) is 5.04. The van der Waals surface area contributed by atoms with Gasteiger partial charge in [-0.05, 0) is 42.0 Å². The van der Waals surface area contributed by atoms with Crippen LogP contribution >= 0.6 is 11.6 Å². The van der Waals surface area contributed by atoms with Gasteiger partial charge in [-0.1, -0.05) is 23.7 Å². The number of nitriles is 1. The first kappa shape index (κ1) is 17.4. The first-order chi connectivity index (χ1) is 11.6. The van der Waals surface area contributed by atoms with Gasteiger partial charge in [0.1, 0.15) is 6.07 Å². The molecule has 1 amide bonds. The van der Waals surface area contributed by atoms with Crippen LogP contribution in [0.1, 0.15) is 5.56 Å². The molecule has 24 heavy (non-hydrogen) atoms. The second-order valence-electron chi connectivity index (χ2n) is 4.69. The summed E-state index contributed by atoms with van der Waals surface area (Å²) in [6, 6.07) is 14.0. The largest absolute Gasteiger partial charge is 0.493 e. The Morgan fingerprint density at radius 3 is 2.83 bits per heavy atom. The highest BCUT2D eigenvalue weighted by molar-refractivity contribution is 6.30. The standard InChI is InChI=1S/C18H15ClN2O3/c1-23-17-11-13(5-7-16(17)24-10-9-20)6-8-18(22)21-15-4-2-3-14(19)12-15/h2-8,11-12H,10H2,1H3,(H,21,22)/b8-6+. The fourth-order valence-electron chi connectivity index (χ4n) is 1.94. The number of amides is 1. The highest BCUT2D eigenvalue weighted by Crippen LogP contribution is 2.28. The van der Waals surface area contributed by atoms with E-state index in [0.29, 0.717) is 22.2 Å². The number of carbonyl (C=O) groups is 1. The van der Waals surface area contributed by atoms with E-state index in [0.717, 1.165) is 5.56 Å². The topological polar surface area (TPSA) is 71.3 Å². The molecule has 5 nitrogen and oxygen atoms in total. The zero-order valence-electron chi connectivity index (χ0n) is 13.0. The lowest BCUT2D eigenvalue weighted by atomic mass is 10.2. The third-order valence-electron chi connectivity index (χ3n) is 3.00. The smallest absolute Gasteiger partial charge is 0.248 e. The lowest BCUT2D eigenvalue weighted by Crippen LogP contribution is -2.07. The van der Waals surface area contributed by atoms with E-state index in [1.165, 1.54) is 13.2 Å². The van der Waals surface area contributed by atoms with E-state index in [-0.39, 0.29) is 12.5 Å². The molecule has 0 aliphatic rings. The minimum Gasteiger partial charge on any atom is -0.493 e. The van der Waals surface area contributed by atoms with Crippen LogP contribution in [0.3, 0.4) is 0 Å². The van der Waals surface area contributed by atoms with E-state index < -0.39 is 0 Å². The summed E-state index contributed by atoms with van der Waals surface area (Å²) >= 11 is 5.87. The molecule has 0 heterocycles. The molecule has 2 rings (SSSR count). The average Bonchev–Trinajstić information content (AvgIpc) is 2.58. The number of methoxy groups -OCH3 is 1.